The van der Waals surface area contributed by atoms with Gasteiger partial charge >= 0.3 is 0 Å². The lowest BCUT2D eigenvalue weighted by Gasteiger charge is -2.28. The number of nitrogens with two attached hydrogens (primary N) is 1. The van der Waals surface area contributed by atoms with E-state index in [1.807, 2.05) is 30.3 Å². The van der Waals surface area contributed by atoms with Crippen LogP contribution in [0.2, 0.25) is 0 Å². The fourth-order valence-corrected chi connectivity index (χ4v) is 2.06. The van der Waals surface area contributed by atoms with E-state index in [0.717, 1.165) is 5.69 Å². The molecule has 0 spiro atoms. The second kappa shape index (κ2) is 7.61. The Morgan fingerprint density at radius 1 is 1.33 bits per heavy atom. The van der Waals surface area contributed by atoms with E-state index in [1.54, 1.807) is 11.8 Å². The average Bonchev–Trinajstić information content (AvgIpc) is 2.55. The minimum absolute atomic E-state index is 0.0269. The van der Waals surface area contributed by atoms with Crippen molar-refractivity contribution in [3.8, 4) is 0 Å². The first-order chi connectivity index (χ1) is 10.2. The summed E-state index contributed by atoms with van der Waals surface area (Å²) >= 11 is 0. The van der Waals surface area contributed by atoms with Crippen molar-refractivity contribution in [2.24, 2.45) is 10.8 Å². The fourth-order valence-electron chi connectivity index (χ4n) is 2.06. The number of guanidine groups is 1. The molecular weight excluding hydrogens is 270 g/mol. The lowest BCUT2D eigenvalue weighted by molar-refractivity contribution is -0.136. The Morgan fingerprint density at radius 3 is 2.62 bits per heavy atom. The van der Waals surface area contributed by atoms with Crippen molar-refractivity contribution in [3.63, 3.8) is 0 Å². The number of benzene rings is 1. The molecule has 0 bridgehead atoms. The maximum absolute atomic E-state index is 12.3. The van der Waals surface area contributed by atoms with Gasteiger partial charge in [-0.1, -0.05) is 18.2 Å². The lowest BCUT2D eigenvalue weighted by atomic mass is 10.3. The predicted molar refractivity (Wildman–Crippen MR) is 81.7 cm³/mol. The molecule has 21 heavy (non-hydrogen) atoms. The van der Waals surface area contributed by atoms with E-state index in [4.69, 9.17) is 10.6 Å². The predicted octanol–water partition coefficient (Wildman–Crippen LogP) is 0.165. The maximum atomic E-state index is 12.3. The van der Waals surface area contributed by atoms with Crippen LogP contribution >= 0.6 is 0 Å². The summed E-state index contributed by atoms with van der Waals surface area (Å²) < 4.78 is 5.24. The molecule has 1 amide bonds. The number of nitrogens with zero attached hydrogens (tertiary/aromatic N) is 2. The van der Waals surface area contributed by atoms with Crippen LogP contribution in [0.1, 0.15) is 6.92 Å². The molecule has 0 radical (unpaired) electrons. The molecule has 0 aromatic heterocycles. The number of rotatable bonds is 3. The highest BCUT2D eigenvalue weighted by atomic mass is 16.5. The number of hydrogen-bond acceptors (Lipinski definition) is 4. The highest BCUT2D eigenvalue weighted by Gasteiger charge is 2.22. The second-order valence-electron chi connectivity index (χ2n) is 4.73. The Balaban J connectivity index is 1.99. The summed E-state index contributed by atoms with van der Waals surface area (Å²) in [4.78, 5) is 18.3. The molecule has 1 aromatic carbocycles. The van der Waals surface area contributed by atoms with E-state index >= 15 is 0 Å². The minimum Gasteiger partial charge on any atom is -0.378 e. The Bertz CT molecular complexity index is 485. The molecule has 2 rings (SSSR count). The number of nitrogens with one attached hydrogen (secondary N) is 2. The van der Waals surface area contributed by atoms with Crippen molar-refractivity contribution in [2.75, 3.05) is 31.6 Å². The Hall–Kier alpha value is -2.12. The first kappa shape index (κ1) is 15.3. The second-order valence-corrected chi connectivity index (χ2v) is 4.73. The SMILES string of the molecule is CC(N=C(NN)Nc1ccccc1)C(=O)N1CCOCC1. The number of carbonyl (C=O) groups is 1. The molecule has 7 heteroatoms. The number of amides is 1. The zero-order valence-corrected chi connectivity index (χ0v) is 12.1. The van der Waals surface area contributed by atoms with Gasteiger partial charge in [-0.15, -0.1) is 0 Å². The molecular formula is C14H21N5O2. The Morgan fingerprint density at radius 2 is 2.00 bits per heavy atom. The minimum atomic E-state index is -0.509. The summed E-state index contributed by atoms with van der Waals surface area (Å²) in [5.74, 6) is 5.79. The average molecular weight is 291 g/mol. The molecule has 1 heterocycles. The molecule has 114 valence electrons. The van der Waals surface area contributed by atoms with Crippen LogP contribution in [0.4, 0.5) is 5.69 Å². The van der Waals surface area contributed by atoms with E-state index in [1.165, 1.54) is 0 Å². The number of anilines is 1. The molecule has 1 saturated heterocycles. The standard InChI is InChI=1S/C14H21N5O2/c1-11(13(20)19-7-9-21-10-8-19)16-14(18-15)17-12-5-3-2-4-6-12/h2-6,11H,7-10,15H2,1H3,(H2,16,17,18). The van der Waals surface area contributed by atoms with Gasteiger partial charge in [-0.2, -0.15) is 0 Å². The van der Waals surface area contributed by atoms with Gasteiger partial charge in [0, 0.05) is 18.8 Å². The van der Waals surface area contributed by atoms with Crippen molar-refractivity contribution in [1.29, 1.82) is 0 Å². The molecule has 1 unspecified atom stereocenters. The first-order valence-electron chi connectivity index (χ1n) is 6.93. The number of ether oxygens (including phenoxy) is 1. The topological polar surface area (TPSA) is 92.0 Å². The summed E-state index contributed by atoms with van der Waals surface area (Å²) in [7, 11) is 0. The van der Waals surface area contributed by atoms with Crippen molar-refractivity contribution in [1.82, 2.24) is 10.3 Å². The number of carbonyl (C=O) groups excluding carboxylic acids is 1. The van der Waals surface area contributed by atoms with Crippen LogP contribution < -0.4 is 16.6 Å². The van der Waals surface area contributed by atoms with E-state index in [0.29, 0.717) is 32.3 Å². The molecule has 1 atom stereocenters. The molecule has 1 aromatic rings. The molecule has 1 aliphatic heterocycles. The number of para-hydroxylation sites is 1. The van der Waals surface area contributed by atoms with E-state index in [2.05, 4.69) is 15.7 Å². The van der Waals surface area contributed by atoms with Gasteiger partial charge in [0.25, 0.3) is 0 Å². The molecule has 7 nitrogen and oxygen atoms in total. The zero-order chi connectivity index (χ0) is 15.1. The van der Waals surface area contributed by atoms with Gasteiger partial charge in [0.15, 0.2) is 0 Å². The van der Waals surface area contributed by atoms with Gasteiger partial charge in [0.05, 0.1) is 13.2 Å². The highest BCUT2D eigenvalue weighted by Crippen LogP contribution is 2.06. The molecule has 4 N–H and O–H groups in total. The van der Waals surface area contributed by atoms with Crippen molar-refractivity contribution in [3.05, 3.63) is 30.3 Å². The summed E-state index contributed by atoms with van der Waals surface area (Å²) in [6.07, 6.45) is 0. The van der Waals surface area contributed by atoms with Crippen molar-refractivity contribution in [2.45, 2.75) is 13.0 Å². The highest BCUT2D eigenvalue weighted by molar-refractivity contribution is 5.95. The smallest absolute Gasteiger partial charge is 0.247 e. The van der Waals surface area contributed by atoms with Gasteiger partial charge in [0.1, 0.15) is 6.04 Å². The summed E-state index contributed by atoms with van der Waals surface area (Å²) in [6, 6.07) is 8.99. The van der Waals surface area contributed by atoms with Crippen LogP contribution in [0, 0.1) is 0 Å². The van der Waals surface area contributed by atoms with Crippen LogP contribution in [0.5, 0.6) is 0 Å². The largest absolute Gasteiger partial charge is 0.378 e. The first-order valence-corrected chi connectivity index (χ1v) is 6.93. The number of aliphatic imine (C=N–C) groups is 1. The number of hydrazine groups is 1. The summed E-state index contributed by atoms with van der Waals surface area (Å²) in [5.41, 5.74) is 3.33. The van der Waals surface area contributed by atoms with Crippen molar-refractivity contribution < 1.29 is 9.53 Å². The van der Waals surface area contributed by atoms with Crippen LogP contribution in [0.15, 0.2) is 35.3 Å². The molecule has 1 aliphatic rings. The van der Waals surface area contributed by atoms with Gasteiger partial charge in [-0.3, -0.25) is 10.2 Å². The molecule has 0 aliphatic carbocycles. The fraction of sp³-hybridized carbons (Fsp3) is 0.429. The van der Waals surface area contributed by atoms with E-state index < -0.39 is 6.04 Å². The third kappa shape index (κ3) is 4.44. The zero-order valence-electron chi connectivity index (χ0n) is 12.1. The number of hydrogen-bond donors (Lipinski definition) is 3. The Kier molecular flexibility index (Phi) is 5.53. The normalized spacial score (nSPS) is 17.2. The van der Waals surface area contributed by atoms with E-state index in [-0.39, 0.29) is 5.91 Å². The van der Waals surface area contributed by atoms with Gasteiger partial charge in [-0.05, 0) is 19.1 Å². The third-order valence-electron chi connectivity index (χ3n) is 3.18. The quantitative estimate of drug-likeness (QED) is 0.319. The third-order valence-corrected chi connectivity index (χ3v) is 3.18. The van der Waals surface area contributed by atoms with Crippen molar-refractivity contribution >= 4 is 17.6 Å². The summed E-state index contributed by atoms with van der Waals surface area (Å²) in [6.45, 7) is 4.12. The Labute approximate surface area is 124 Å². The summed E-state index contributed by atoms with van der Waals surface area (Å²) in [5, 5.41) is 3.04. The van der Waals surface area contributed by atoms with Crippen LogP contribution in [0.25, 0.3) is 0 Å². The van der Waals surface area contributed by atoms with Crippen LogP contribution in [0.3, 0.4) is 0 Å². The number of morpholine rings is 1. The van der Waals surface area contributed by atoms with Gasteiger partial charge in [-0.25, -0.2) is 10.8 Å². The van der Waals surface area contributed by atoms with Crippen LogP contribution in [-0.4, -0.2) is 49.1 Å². The molecule has 1 fully saturated rings. The van der Waals surface area contributed by atoms with Gasteiger partial charge < -0.3 is 15.0 Å². The lowest BCUT2D eigenvalue weighted by Crippen LogP contribution is -2.45. The van der Waals surface area contributed by atoms with Crippen LogP contribution in [-0.2, 0) is 9.53 Å². The van der Waals surface area contributed by atoms with E-state index in [9.17, 15) is 4.79 Å². The monoisotopic (exact) mass is 291 g/mol. The van der Waals surface area contributed by atoms with Gasteiger partial charge in [0.2, 0.25) is 11.9 Å². The molecule has 0 saturated carbocycles. The maximum Gasteiger partial charge on any atom is 0.247 e.